The fourth-order valence-electron chi connectivity index (χ4n) is 0.842. The van der Waals surface area contributed by atoms with Crippen molar-refractivity contribution >= 4 is 5.97 Å². The second-order valence-corrected chi connectivity index (χ2v) is 2.37. The van der Waals surface area contributed by atoms with Crippen LogP contribution >= 0.6 is 0 Å². The molecule has 0 saturated carbocycles. The zero-order chi connectivity index (χ0) is 9.68. The molecule has 0 aliphatic rings. The number of nitrogens with zero attached hydrogens (tertiary/aromatic N) is 3. The van der Waals surface area contributed by atoms with Crippen molar-refractivity contribution in [3.8, 4) is 0 Å². The van der Waals surface area contributed by atoms with Gasteiger partial charge in [0.1, 0.15) is 12.9 Å². The van der Waals surface area contributed by atoms with E-state index in [2.05, 4.69) is 10.1 Å². The van der Waals surface area contributed by atoms with Gasteiger partial charge < -0.3 is 10.5 Å². The fraction of sp³-hybridized carbons (Fsp3) is 0.571. The summed E-state index contributed by atoms with van der Waals surface area (Å²) < 4.78 is 6.13. The molecule has 1 aromatic heterocycles. The van der Waals surface area contributed by atoms with E-state index in [1.807, 2.05) is 0 Å². The van der Waals surface area contributed by atoms with E-state index in [0.717, 1.165) is 0 Å². The molecule has 72 valence electrons. The lowest BCUT2D eigenvalue weighted by atomic mass is 10.6. The Kier molecular flexibility index (Phi) is 3.39. The number of esters is 1. The first-order valence-corrected chi connectivity index (χ1v) is 4.00. The molecule has 0 unspecified atom stereocenters. The predicted octanol–water partition coefficient (Wildman–Crippen LogP) is -0.700. The van der Waals surface area contributed by atoms with E-state index < -0.39 is 0 Å². The molecule has 0 atom stereocenters. The van der Waals surface area contributed by atoms with Crippen molar-refractivity contribution in [2.24, 2.45) is 5.73 Å². The average Bonchev–Trinajstić information content (AvgIpc) is 2.52. The van der Waals surface area contributed by atoms with Crippen LogP contribution in [-0.4, -0.2) is 27.3 Å². The molecule has 0 amide bonds. The predicted molar refractivity (Wildman–Crippen MR) is 44.5 cm³/mol. The first-order chi connectivity index (χ1) is 6.26. The summed E-state index contributed by atoms with van der Waals surface area (Å²) in [5, 5.41) is 3.93. The highest BCUT2D eigenvalue weighted by atomic mass is 16.5. The van der Waals surface area contributed by atoms with Gasteiger partial charge in [0.15, 0.2) is 5.82 Å². The van der Waals surface area contributed by atoms with Crippen molar-refractivity contribution in [3.63, 3.8) is 0 Å². The van der Waals surface area contributed by atoms with Crippen LogP contribution in [0.5, 0.6) is 0 Å². The minimum Gasteiger partial charge on any atom is -0.465 e. The maximum Gasteiger partial charge on any atom is 0.327 e. The first-order valence-electron chi connectivity index (χ1n) is 4.00. The number of hydrogen-bond donors (Lipinski definition) is 1. The minimum absolute atomic E-state index is 0.0842. The molecule has 13 heavy (non-hydrogen) atoms. The van der Waals surface area contributed by atoms with Crippen molar-refractivity contribution < 1.29 is 9.53 Å². The van der Waals surface area contributed by atoms with Gasteiger partial charge in [0.25, 0.3) is 0 Å². The fourth-order valence-corrected chi connectivity index (χ4v) is 0.842. The highest BCUT2D eigenvalue weighted by Gasteiger charge is 2.04. The van der Waals surface area contributed by atoms with E-state index in [1.54, 1.807) is 6.92 Å². The summed E-state index contributed by atoms with van der Waals surface area (Å²) in [5.74, 6) is 0.195. The van der Waals surface area contributed by atoms with Crippen molar-refractivity contribution in [2.75, 3.05) is 6.61 Å². The maximum absolute atomic E-state index is 11.0. The minimum atomic E-state index is -0.323. The van der Waals surface area contributed by atoms with Crippen LogP contribution < -0.4 is 5.73 Å². The smallest absolute Gasteiger partial charge is 0.327 e. The van der Waals surface area contributed by atoms with Gasteiger partial charge in [-0.15, -0.1) is 0 Å². The van der Waals surface area contributed by atoms with Gasteiger partial charge in [0.05, 0.1) is 13.2 Å². The van der Waals surface area contributed by atoms with Gasteiger partial charge in [-0.2, -0.15) is 5.10 Å². The zero-order valence-corrected chi connectivity index (χ0v) is 7.43. The van der Waals surface area contributed by atoms with Gasteiger partial charge in [0.2, 0.25) is 0 Å². The molecule has 6 nitrogen and oxygen atoms in total. The molecule has 0 spiro atoms. The van der Waals surface area contributed by atoms with Crippen LogP contribution in [0, 0.1) is 0 Å². The molecule has 6 heteroatoms. The van der Waals surface area contributed by atoms with Crippen LogP contribution in [0.1, 0.15) is 12.7 Å². The third-order valence-electron chi connectivity index (χ3n) is 1.36. The molecule has 2 N–H and O–H groups in total. The molecule has 0 fully saturated rings. The number of ether oxygens (including phenoxy) is 1. The number of hydrogen-bond acceptors (Lipinski definition) is 5. The van der Waals surface area contributed by atoms with Gasteiger partial charge >= 0.3 is 5.97 Å². The van der Waals surface area contributed by atoms with E-state index in [-0.39, 0.29) is 19.1 Å². The topological polar surface area (TPSA) is 83.0 Å². The molecule has 0 saturated heterocycles. The molecule has 0 radical (unpaired) electrons. The average molecular weight is 184 g/mol. The Morgan fingerprint density at radius 1 is 1.77 bits per heavy atom. The molecule has 0 aromatic carbocycles. The molecule has 1 aromatic rings. The monoisotopic (exact) mass is 184 g/mol. The highest BCUT2D eigenvalue weighted by Crippen LogP contribution is 1.89. The second kappa shape index (κ2) is 4.56. The SMILES string of the molecule is CCOC(=O)Cn1cnc(CN)n1. The molecule has 0 bridgehead atoms. The van der Waals surface area contributed by atoms with Crippen molar-refractivity contribution in [1.82, 2.24) is 14.8 Å². The summed E-state index contributed by atoms with van der Waals surface area (Å²) in [5.41, 5.74) is 5.30. The maximum atomic E-state index is 11.0. The molecule has 0 aliphatic heterocycles. The van der Waals surface area contributed by atoms with E-state index in [4.69, 9.17) is 10.5 Å². The Morgan fingerprint density at radius 2 is 2.54 bits per heavy atom. The molecular formula is C7H12N4O2. The van der Waals surface area contributed by atoms with Crippen LogP contribution in [0.2, 0.25) is 0 Å². The van der Waals surface area contributed by atoms with Crippen LogP contribution in [0.3, 0.4) is 0 Å². The standard InChI is InChI=1S/C7H12N4O2/c1-2-13-7(12)4-11-5-9-6(3-8)10-11/h5H,2-4,8H2,1H3. The van der Waals surface area contributed by atoms with Gasteiger partial charge in [0, 0.05) is 0 Å². The number of aromatic nitrogens is 3. The number of carbonyl (C=O) groups excluding carboxylic acids is 1. The van der Waals surface area contributed by atoms with Crippen LogP contribution in [0.15, 0.2) is 6.33 Å². The van der Waals surface area contributed by atoms with Gasteiger partial charge in [-0.3, -0.25) is 4.79 Å². The molecule has 1 heterocycles. The zero-order valence-electron chi connectivity index (χ0n) is 7.43. The summed E-state index contributed by atoms with van der Waals surface area (Å²) in [7, 11) is 0. The lowest BCUT2D eigenvalue weighted by Gasteiger charge is -1.99. The number of nitrogens with two attached hydrogens (primary N) is 1. The Hall–Kier alpha value is -1.43. The van der Waals surface area contributed by atoms with E-state index in [0.29, 0.717) is 12.4 Å². The van der Waals surface area contributed by atoms with Crippen molar-refractivity contribution in [1.29, 1.82) is 0 Å². The van der Waals surface area contributed by atoms with Crippen molar-refractivity contribution in [2.45, 2.75) is 20.0 Å². The second-order valence-electron chi connectivity index (χ2n) is 2.37. The Morgan fingerprint density at radius 3 is 3.08 bits per heavy atom. The Labute approximate surface area is 75.7 Å². The van der Waals surface area contributed by atoms with E-state index >= 15 is 0 Å². The van der Waals surface area contributed by atoms with Crippen LogP contribution in [0.25, 0.3) is 0 Å². The summed E-state index contributed by atoms with van der Waals surface area (Å²) in [4.78, 5) is 14.8. The van der Waals surface area contributed by atoms with Gasteiger partial charge in [-0.25, -0.2) is 9.67 Å². The largest absolute Gasteiger partial charge is 0.465 e. The van der Waals surface area contributed by atoms with Crippen LogP contribution in [-0.2, 0) is 22.6 Å². The quantitative estimate of drug-likeness (QED) is 0.625. The summed E-state index contributed by atoms with van der Waals surface area (Å²) in [6.07, 6.45) is 1.46. The number of rotatable bonds is 4. The molecular weight excluding hydrogens is 172 g/mol. The summed E-state index contributed by atoms with van der Waals surface area (Å²) in [6.45, 7) is 2.48. The first kappa shape index (κ1) is 9.66. The third kappa shape index (κ3) is 2.83. The lowest BCUT2D eigenvalue weighted by Crippen LogP contribution is -2.14. The van der Waals surface area contributed by atoms with Gasteiger partial charge in [-0.1, -0.05) is 0 Å². The normalized spacial score (nSPS) is 10.0. The van der Waals surface area contributed by atoms with Gasteiger partial charge in [-0.05, 0) is 6.92 Å². The summed E-state index contributed by atoms with van der Waals surface area (Å²) in [6, 6.07) is 0. The lowest BCUT2D eigenvalue weighted by molar-refractivity contribution is -0.144. The van der Waals surface area contributed by atoms with E-state index in [1.165, 1.54) is 11.0 Å². The highest BCUT2D eigenvalue weighted by molar-refractivity contribution is 5.68. The van der Waals surface area contributed by atoms with E-state index in [9.17, 15) is 4.79 Å². The molecule has 0 aliphatic carbocycles. The third-order valence-corrected chi connectivity index (χ3v) is 1.36. The number of carbonyl (C=O) groups is 1. The van der Waals surface area contributed by atoms with Crippen LogP contribution in [0.4, 0.5) is 0 Å². The summed E-state index contributed by atoms with van der Waals surface area (Å²) >= 11 is 0. The Bertz CT molecular complexity index is 284. The Balaban J connectivity index is 2.49. The van der Waals surface area contributed by atoms with Crippen molar-refractivity contribution in [3.05, 3.63) is 12.2 Å². The molecule has 1 rings (SSSR count).